The number of rotatable bonds is 22. The summed E-state index contributed by atoms with van der Waals surface area (Å²) < 4.78 is 54.7. The predicted octanol–water partition coefficient (Wildman–Crippen LogP) is 9.53. The molecular formula is C50H60N10O15. The molecule has 25 nitrogen and oxygen atoms in total. The Hall–Kier alpha value is -8.77. The highest BCUT2D eigenvalue weighted by Crippen LogP contribution is 2.30. The predicted molar refractivity (Wildman–Crippen MR) is 262 cm³/mol. The van der Waals surface area contributed by atoms with E-state index in [0.29, 0.717) is 51.6 Å². The van der Waals surface area contributed by atoms with Crippen LogP contribution in [0.2, 0.25) is 0 Å². The molecule has 4 amide bonds. The number of alkyl carbamates (subject to hydrolysis) is 3. The maximum Gasteiger partial charge on any atom is 0.408 e. The minimum Gasteiger partial charge on any atom is -0.464 e. The van der Waals surface area contributed by atoms with Gasteiger partial charge in [0.1, 0.15) is 67.5 Å². The van der Waals surface area contributed by atoms with Crippen LogP contribution in [-0.2, 0) is 25.6 Å². The highest BCUT2D eigenvalue weighted by atomic mass is 16.6. The van der Waals surface area contributed by atoms with Crippen LogP contribution in [0, 0.1) is 0 Å². The normalized spacial score (nSPS) is 12.2. The molecule has 0 saturated heterocycles. The summed E-state index contributed by atoms with van der Waals surface area (Å²) >= 11 is 0. The summed E-state index contributed by atoms with van der Waals surface area (Å²) in [6.07, 6.45) is 8.40. The van der Waals surface area contributed by atoms with Crippen LogP contribution < -0.4 is 21.3 Å². The Balaban J connectivity index is 0.00000914. The van der Waals surface area contributed by atoms with Crippen molar-refractivity contribution in [1.29, 1.82) is 0 Å². The molecule has 75 heavy (non-hydrogen) atoms. The van der Waals surface area contributed by atoms with Crippen molar-refractivity contribution in [3.8, 4) is 46.3 Å². The van der Waals surface area contributed by atoms with E-state index < -0.39 is 53.4 Å². The van der Waals surface area contributed by atoms with Crippen LogP contribution in [0.4, 0.5) is 14.4 Å². The van der Waals surface area contributed by atoms with Gasteiger partial charge in [0.25, 0.3) is 5.91 Å². The minimum atomic E-state index is -0.820. The number of benzene rings is 1. The molecule has 0 aliphatic carbocycles. The minimum absolute atomic E-state index is 0. The topological polar surface area (TPSA) is 327 Å². The van der Waals surface area contributed by atoms with Gasteiger partial charge in [0.2, 0.25) is 35.3 Å². The summed E-state index contributed by atoms with van der Waals surface area (Å²) in [5.74, 6) is -1.08. The van der Waals surface area contributed by atoms with E-state index in [-0.39, 0.29) is 83.5 Å². The van der Waals surface area contributed by atoms with Gasteiger partial charge in [-0.25, -0.2) is 49.1 Å². The van der Waals surface area contributed by atoms with E-state index in [1.807, 2.05) is 30.3 Å². The van der Waals surface area contributed by atoms with E-state index in [4.69, 9.17) is 40.7 Å². The second-order valence-electron chi connectivity index (χ2n) is 18.4. The van der Waals surface area contributed by atoms with Crippen LogP contribution in [0.15, 0.2) is 94.4 Å². The summed E-state index contributed by atoms with van der Waals surface area (Å²) in [7, 11) is 1.22. The number of ether oxygens (including phenoxy) is 4. The Kier molecular flexibility index (Phi) is 18.7. The van der Waals surface area contributed by atoms with Gasteiger partial charge in [-0.1, -0.05) is 37.8 Å². The van der Waals surface area contributed by atoms with Crippen molar-refractivity contribution in [2.75, 3.05) is 20.2 Å². The third-order valence-corrected chi connectivity index (χ3v) is 10.1. The maximum atomic E-state index is 13.8. The maximum absolute atomic E-state index is 13.8. The Morgan fingerprint density at radius 3 is 1.48 bits per heavy atom. The van der Waals surface area contributed by atoms with Crippen molar-refractivity contribution in [2.24, 2.45) is 0 Å². The van der Waals surface area contributed by atoms with E-state index in [2.05, 4.69) is 55.9 Å². The number of nitrogens with zero attached hydrogens (tertiary/aromatic N) is 6. The Morgan fingerprint density at radius 2 is 0.973 bits per heavy atom. The number of aromatic nitrogens is 6. The molecule has 400 valence electrons. The molecule has 6 aromatic heterocycles. The van der Waals surface area contributed by atoms with Gasteiger partial charge >= 0.3 is 24.2 Å². The Morgan fingerprint density at radius 1 is 0.533 bits per heavy atom. The summed E-state index contributed by atoms with van der Waals surface area (Å²) in [5, 5.41) is 11.1. The highest BCUT2D eigenvalue weighted by Gasteiger charge is 2.28. The summed E-state index contributed by atoms with van der Waals surface area (Å²) in [6.45, 7) is 11.3. The van der Waals surface area contributed by atoms with Gasteiger partial charge in [-0.15, -0.1) is 0 Å². The number of methoxy groups -OCH3 is 1. The van der Waals surface area contributed by atoms with Gasteiger partial charge < -0.3 is 66.7 Å². The average Bonchev–Trinajstić information content (AvgIpc) is 4.21. The molecule has 4 N–H and O–H groups in total. The quantitative estimate of drug-likeness (QED) is 0.0279. The van der Waals surface area contributed by atoms with Gasteiger partial charge in [0.15, 0.2) is 34.2 Å². The SMILES string of the molecule is C.COC(=O)c1coc(-c2coc(-c3coc(C(CCCCNC(=O)OC(C)(C)C)NC(=O)c4coc(-c5coc(-c6coc(C(CCCCNC(=O)OC(C)(C)C)NC(=O)OCc7ccccc7)n6)n5)n4)n3)n2)n1. The lowest BCUT2D eigenvalue weighted by atomic mass is 10.1. The van der Waals surface area contributed by atoms with Crippen molar-refractivity contribution >= 4 is 30.2 Å². The molecule has 2 atom stereocenters. The van der Waals surface area contributed by atoms with Gasteiger partial charge in [-0.05, 0) is 85.6 Å². The molecular weight excluding hydrogens is 981 g/mol. The largest absolute Gasteiger partial charge is 0.464 e. The van der Waals surface area contributed by atoms with Crippen molar-refractivity contribution in [2.45, 2.75) is 117 Å². The van der Waals surface area contributed by atoms with Crippen LogP contribution in [0.5, 0.6) is 0 Å². The van der Waals surface area contributed by atoms with E-state index in [9.17, 15) is 24.0 Å². The monoisotopic (exact) mass is 1040 g/mol. The van der Waals surface area contributed by atoms with E-state index >= 15 is 0 Å². The molecule has 0 radical (unpaired) electrons. The number of nitrogens with one attached hydrogen (secondary N) is 4. The van der Waals surface area contributed by atoms with Crippen LogP contribution >= 0.6 is 0 Å². The first kappa shape index (κ1) is 55.5. The number of amides is 4. The van der Waals surface area contributed by atoms with Gasteiger partial charge in [-0.3, -0.25) is 4.79 Å². The smallest absolute Gasteiger partial charge is 0.408 e. The van der Waals surface area contributed by atoms with Crippen molar-refractivity contribution in [1.82, 2.24) is 51.2 Å². The molecule has 25 heteroatoms. The standard InChI is InChI=1S/C49H56N10O15.CH4/c1-48(2,3)73-45(62)50-19-13-11-17-29(38-54-33(23-67-38)41-57-35(26-70-41)43-58-36(27-71-43)44(61)65-7)52-37(60)31-22-66-40(53-31)32-25-69-42(56-32)34-24-68-39(55-34)30(18-12-14-20-51-46(63)74-49(4,5)6)59-47(64)72-21-28-15-9-8-10-16-28;/h8-10,15-16,22-27,29-30H,11-14,17-21H2,1-7H3,(H,50,62)(H,51,63)(H,52,60)(H,59,64);1H4. The van der Waals surface area contributed by atoms with Gasteiger partial charge in [0.05, 0.1) is 7.11 Å². The fraction of sp³-hybridized carbons (Fsp3) is 0.420. The lowest BCUT2D eigenvalue weighted by molar-refractivity contribution is 0.0515. The molecule has 6 heterocycles. The lowest BCUT2D eigenvalue weighted by Crippen LogP contribution is -2.33. The number of carbonyl (C=O) groups excluding carboxylic acids is 5. The third kappa shape index (κ3) is 16.4. The first-order chi connectivity index (χ1) is 35.4. The zero-order chi connectivity index (χ0) is 52.8. The van der Waals surface area contributed by atoms with E-state index in [1.54, 1.807) is 41.5 Å². The summed E-state index contributed by atoms with van der Waals surface area (Å²) in [6, 6.07) is 7.65. The molecule has 7 aromatic rings. The number of hydrogen-bond acceptors (Lipinski definition) is 21. The second-order valence-corrected chi connectivity index (χ2v) is 18.4. The highest BCUT2D eigenvalue weighted by molar-refractivity contribution is 5.92. The molecule has 7 rings (SSSR count). The first-order valence-electron chi connectivity index (χ1n) is 23.4. The number of hydrogen-bond donors (Lipinski definition) is 4. The van der Waals surface area contributed by atoms with Crippen LogP contribution in [0.1, 0.15) is 138 Å². The van der Waals surface area contributed by atoms with Crippen molar-refractivity contribution in [3.63, 3.8) is 0 Å². The molecule has 1 aromatic carbocycles. The Bertz CT molecular complexity index is 2970. The third-order valence-electron chi connectivity index (χ3n) is 10.1. The molecule has 2 unspecified atom stereocenters. The first-order valence-corrected chi connectivity index (χ1v) is 23.4. The molecule has 0 fully saturated rings. The van der Waals surface area contributed by atoms with E-state index in [1.165, 1.54) is 32.2 Å². The fourth-order valence-corrected chi connectivity index (χ4v) is 6.77. The van der Waals surface area contributed by atoms with Gasteiger partial charge in [0, 0.05) is 13.1 Å². The molecule has 0 aliphatic heterocycles. The van der Waals surface area contributed by atoms with Crippen molar-refractivity contribution < 1.29 is 69.4 Å². The van der Waals surface area contributed by atoms with Gasteiger partial charge in [-0.2, -0.15) is 0 Å². The van der Waals surface area contributed by atoms with Crippen LogP contribution in [0.3, 0.4) is 0 Å². The number of unbranched alkanes of at least 4 members (excludes halogenated alkanes) is 2. The van der Waals surface area contributed by atoms with Crippen molar-refractivity contribution in [3.05, 3.63) is 96.6 Å². The summed E-state index contributed by atoms with van der Waals surface area (Å²) in [5.41, 5.74) is -0.00295. The van der Waals surface area contributed by atoms with Crippen LogP contribution in [-0.4, -0.2) is 91.5 Å². The number of carbonyl (C=O) groups is 5. The average molecular weight is 1040 g/mol. The Labute approximate surface area is 430 Å². The molecule has 0 aliphatic rings. The number of esters is 1. The summed E-state index contributed by atoms with van der Waals surface area (Å²) in [4.78, 5) is 89.3. The zero-order valence-corrected chi connectivity index (χ0v) is 41.7. The second kappa shape index (κ2) is 25.3. The molecule has 0 saturated carbocycles. The zero-order valence-electron chi connectivity index (χ0n) is 41.7. The lowest BCUT2D eigenvalue weighted by Gasteiger charge is -2.20. The number of oxazole rings is 6. The fourth-order valence-electron chi connectivity index (χ4n) is 6.77. The molecule has 0 spiro atoms. The van der Waals surface area contributed by atoms with Crippen LogP contribution in [0.25, 0.3) is 46.3 Å². The molecule has 0 bridgehead atoms. The van der Waals surface area contributed by atoms with E-state index in [0.717, 1.165) is 18.1 Å².